The molecule has 0 aliphatic carbocycles. The number of piperidine rings is 1. The van der Waals surface area contributed by atoms with Gasteiger partial charge in [0.2, 0.25) is 0 Å². The average molecular weight is 287 g/mol. The summed E-state index contributed by atoms with van der Waals surface area (Å²) < 4.78 is 40.9. The van der Waals surface area contributed by atoms with Gasteiger partial charge in [-0.3, -0.25) is 4.72 Å². The van der Waals surface area contributed by atoms with Crippen LogP contribution < -0.4 is 10.5 Å². The van der Waals surface area contributed by atoms with E-state index >= 15 is 0 Å². The summed E-state index contributed by atoms with van der Waals surface area (Å²) in [6.07, 6.45) is 1.56. The zero-order valence-corrected chi connectivity index (χ0v) is 11.4. The Labute approximate surface area is 112 Å². The van der Waals surface area contributed by atoms with Crippen molar-refractivity contribution in [3.63, 3.8) is 0 Å². The standard InChI is InChI=1S/C12H18FN3O2S/c13-11-1-3-12(4-2-11)15-19(17,18)16-7-5-10(9-14)6-8-16/h1-4,10,15H,5-9,14H2. The molecule has 1 aromatic rings. The van der Waals surface area contributed by atoms with Crippen molar-refractivity contribution in [1.29, 1.82) is 0 Å². The summed E-state index contributed by atoms with van der Waals surface area (Å²) in [4.78, 5) is 0. The zero-order chi connectivity index (χ0) is 13.9. The maximum Gasteiger partial charge on any atom is 0.301 e. The first-order valence-electron chi connectivity index (χ1n) is 6.25. The molecule has 5 nitrogen and oxygen atoms in total. The van der Waals surface area contributed by atoms with Gasteiger partial charge in [-0.1, -0.05) is 0 Å². The quantitative estimate of drug-likeness (QED) is 0.872. The first kappa shape index (κ1) is 14.2. The summed E-state index contributed by atoms with van der Waals surface area (Å²) in [7, 11) is -3.56. The van der Waals surface area contributed by atoms with E-state index in [2.05, 4.69) is 4.72 Å². The van der Waals surface area contributed by atoms with Gasteiger partial charge in [0, 0.05) is 18.8 Å². The number of hydrogen-bond donors (Lipinski definition) is 2. The van der Waals surface area contributed by atoms with Crippen LogP contribution in [0.2, 0.25) is 0 Å². The SMILES string of the molecule is NCC1CCN(S(=O)(=O)Nc2ccc(F)cc2)CC1. The summed E-state index contributed by atoms with van der Waals surface area (Å²) in [6.45, 7) is 1.54. The molecule has 1 fully saturated rings. The minimum absolute atomic E-state index is 0.363. The minimum Gasteiger partial charge on any atom is -0.330 e. The molecule has 106 valence electrons. The lowest BCUT2D eigenvalue weighted by molar-refractivity contribution is 0.280. The van der Waals surface area contributed by atoms with Crippen LogP contribution in [-0.4, -0.2) is 32.4 Å². The lowest BCUT2D eigenvalue weighted by atomic mass is 9.99. The van der Waals surface area contributed by atoms with E-state index < -0.39 is 16.0 Å². The van der Waals surface area contributed by atoms with Crippen LogP contribution in [0, 0.1) is 11.7 Å². The lowest BCUT2D eigenvalue weighted by Gasteiger charge is -2.30. The molecule has 1 saturated heterocycles. The Balaban J connectivity index is 2.01. The van der Waals surface area contributed by atoms with Crippen molar-refractivity contribution in [2.24, 2.45) is 11.7 Å². The molecule has 0 spiro atoms. The number of nitrogens with zero attached hydrogens (tertiary/aromatic N) is 1. The summed E-state index contributed by atoms with van der Waals surface area (Å²) in [6, 6.07) is 5.25. The molecule has 0 aromatic heterocycles. The summed E-state index contributed by atoms with van der Waals surface area (Å²) in [5.41, 5.74) is 5.94. The first-order chi connectivity index (χ1) is 9.01. The third-order valence-corrected chi connectivity index (χ3v) is 4.88. The Bertz CT molecular complexity index is 510. The number of nitrogens with two attached hydrogens (primary N) is 1. The Morgan fingerprint density at radius 1 is 1.26 bits per heavy atom. The zero-order valence-electron chi connectivity index (χ0n) is 10.5. The number of benzene rings is 1. The van der Waals surface area contributed by atoms with E-state index in [0.29, 0.717) is 31.2 Å². The van der Waals surface area contributed by atoms with Crippen LogP contribution in [0.5, 0.6) is 0 Å². The molecular formula is C12H18FN3O2S. The van der Waals surface area contributed by atoms with E-state index in [9.17, 15) is 12.8 Å². The molecule has 0 radical (unpaired) electrons. The molecule has 1 aromatic carbocycles. The second-order valence-electron chi connectivity index (χ2n) is 4.69. The highest BCUT2D eigenvalue weighted by molar-refractivity contribution is 7.90. The molecule has 0 atom stereocenters. The van der Waals surface area contributed by atoms with Gasteiger partial charge in [0.15, 0.2) is 0 Å². The molecule has 2 rings (SSSR count). The molecule has 7 heteroatoms. The van der Waals surface area contributed by atoms with Gasteiger partial charge in [0.25, 0.3) is 0 Å². The van der Waals surface area contributed by atoms with E-state index in [1.165, 1.54) is 28.6 Å². The molecule has 0 saturated carbocycles. The molecule has 3 N–H and O–H groups in total. The largest absolute Gasteiger partial charge is 0.330 e. The molecule has 0 amide bonds. The Morgan fingerprint density at radius 3 is 2.37 bits per heavy atom. The average Bonchev–Trinajstić information content (AvgIpc) is 2.41. The van der Waals surface area contributed by atoms with Gasteiger partial charge in [-0.2, -0.15) is 12.7 Å². The molecule has 0 unspecified atom stereocenters. The van der Waals surface area contributed by atoms with Crippen molar-refractivity contribution in [1.82, 2.24) is 4.31 Å². The number of rotatable bonds is 4. The second-order valence-corrected chi connectivity index (χ2v) is 6.36. The van der Waals surface area contributed by atoms with Crippen LogP contribution >= 0.6 is 0 Å². The van der Waals surface area contributed by atoms with Crippen LogP contribution in [0.25, 0.3) is 0 Å². The van der Waals surface area contributed by atoms with Gasteiger partial charge < -0.3 is 5.73 Å². The lowest BCUT2D eigenvalue weighted by Crippen LogP contribution is -2.42. The van der Waals surface area contributed by atoms with E-state index in [1.54, 1.807) is 0 Å². The fourth-order valence-electron chi connectivity index (χ4n) is 2.12. The first-order valence-corrected chi connectivity index (χ1v) is 7.69. The van der Waals surface area contributed by atoms with E-state index in [4.69, 9.17) is 5.73 Å². The number of halogens is 1. The summed E-state index contributed by atoms with van der Waals surface area (Å²) >= 11 is 0. The molecular weight excluding hydrogens is 269 g/mol. The maximum atomic E-state index is 12.8. The second kappa shape index (κ2) is 5.85. The van der Waals surface area contributed by atoms with Crippen LogP contribution in [0.15, 0.2) is 24.3 Å². The van der Waals surface area contributed by atoms with E-state index in [1.807, 2.05) is 0 Å². The van der Waals surface area contributed by atoms with Gasteiger partial charge in [0.1, 0.15) is 5.82 Å². The predicted molar refractivity (Wildman–Crippen MR) is 72.3 cm³/mol. The Kier molecular flexibility index (Phi) is 4.38. The van der Waals surface area contributed by atoms with Gasteiger partial charge >= 0.3 is 10.2 Å². The van der Waals surface area contributed by atoms with E-state index in [-0.39, 0.29) is 0 Å². The Hall–Kier alpha value is -1.18. The monoisotopic (exact) mass is 287 g/mol. The summed E-state index contributed by atoms with van der Waals surface area (Å²) in [5.74, 6) is 0.00368. The van der Waals surface area contributed by atoms with Crippen molar-refractivity contribution < 1.29 is 12.8 Å². The normalized spacial score (nSPS) is 18.4. The molecule has 19 heavy (non-hydrogen) atoms. The van der Waals surface area contributed by atoms with Gasteiger partial charge in [0.05, 0.1) is 0 Å². The van der Waals surface area contributed by atoms with Crippen molar-refractivity contribution in [3.8, 4) is 0 Å². The number of anilines is 1. The molecule has 1 heterocycles. The third kappa shape index (κ3) is 3.65. The topological polar surface area (TPSA) is 75.4 Å². The molecule has 1 aliphatic rings. The fraction of sp³-hybridized carbons (Fsp3) is 0.500. The van der Waals surface area contributed by atoms with Gasteiger partial charge in [-0.05, 0) is 49.6 Å². The van der Waals surface area contributed by atoms with Crippen molar-refractivity contribution in [2.45, 2.75) is 12.8 Å². The molecule has 0 bridgehead atoms. The van der Waals surface area contributed by atoms with Crippen LogP contribution in [0.3, 0.4) is 0 Å². The number of hydrogen-bond acceptors (Lipinski definition) is 3. The smallest absolute Gasteiger partial charge is 0.301 e. The predicted octanol–water partition coefficient (Wildman–Crippen LogP) is 1.15. The van der Waals surface area contributed by atoms with Gasteiger partial charge in [-0.15, -0.1) is 0 Å². The van der Waals surface area contributed by atoms with Crippen molar-refractivity contribution in [2.75, 3.05) is 24.4 Å². The summed E-state index contributed by atoms with van der Waals surface area (Å²) in [5, 5.41) is 0. The highest BCUT2D eigenvalue weighted by Crippen LogP contribution is 2.20. The van der Waals surface area contributed by atoms with Crippen LogP contribution in [0.1, 0.15) is 12.8 Å². The highest BCUT2D eigenvalue weighted by atomic mass is 32.2. The maximum absolute atomic E-state index is 12.8. The molecule has 1 aliphatic heterocycles. The fourth-order valence-corrected chi connectivity index (χ4v) is 3.37. The van der Waals surface area contributed by atoms with Crippen LogP contribution in [-0.2, 0) is 10.2 Å². The van der Waals surface area contributed by atoms with Crippen molar-refractivity contribution in [3.05, 3.63) is 30.1 Å². The van der Waals surface area contributed by atoms with Crippen LogP contribution in [0.4, 0.5) is 10.1 Å². The highest BCUT2D eigenvalue weighted by Gasteiger charge is 2.27. The van der Waals surface area contributed by atoms with Crippen molar-refractivity contribution >= 4 is 15.9 Å². The Morgan fingerprint density at radius 2 is 1.84 bits per heavy atom. The van der Waals surface area contributed by atoms with Gasteiger partial charge in [-0.25, -0.2) is 4.39 Å². The minimum atomic E-state index is -3.56. The third-order valence-electron chi connectivity index (χ3n) is 3.34. The van der Waals surface area contributed by atoms with E-state index in [0.717, 1.165) is 12.8 Å². The number of nitrogens with one attached hydrogen (secondary N) is 1.